The van der Waals surface area contributed by atoms with Gasteiger partial charge in [-0.3, -0.25) is 10.1 Å². The number of hydrogen-bond acceptors (Lipinski definition) is 5. The van der Waals surface area contributed by atoms with Crippen LogP contribution in [0.2, 0.25) is 0 Å². The molecule has 0 bridgehead atoms. The van der Waals surface area contributed by atoms with Crippen LogP contribution in [-0.4, -0.2) is 19.7 Å². The van der Waals surface area contributed by atoms with Gasteiger partial charge >= 0.3 is 0 Å². The van der Waals surface area contributed by atoms with Crippen molar-refractivity contribution in [3.05, 3.63) is 46.0 Å². The maximum absolute atomic E-state index is 10.6. The lowest BCUT2D eigenvalue weighted by Crippen LogP contribution is -1.98. The lowest BCUT2D eigenvalue weighted by atomic mass is 10.2. The molecule has 0 unspecified atom stereocenters. The standard InChI is InChI=1S/C10H7N5O2/c1-7-4-8(2-3-9(7)15(16)17)14-6-12-10(5-11)13-14/h2-4,6H,1H3. The first-order valence-electron chi connectivity index (χ1n) is 4.69. The van der Waals surface area contributed by atoms with Gasteiger partial charge in [0.05, 0.1) is 10.6 Å². The van der Waals surface area contributed by atoms with E-state index in [0.717, 1.165) is 0 Å². The molecule has 0 aliphatic rings. The van der Waals surface area contributed by atoms with E-state index in [1.807, 2.05) is 6.07 Å². The van der Waals surface area contributed by atoms with Gasteiger partial charge in [0.15, 0.2) is 0 Å². The molecule has 0 fully saturated rings. The van der Waals surface area contributed by atoms with Crippen molar-refractivity contribution < 1.29 is 4.92 Å². The molecule has 0 N–H and O–H groups in total. The van der Waals surface area contributed by atoms with Gasteiger partial charge in [-0.25, -0.2) is 9.67 Å². The van der Waals surface area contributed by atoms with E-state index in [2.05, 4.69) is 10.1 Å². The first-order valence-corrected chi connectivity index (χ1v) is 4.69. The summed E-state index contributed by atoms with van der Waals surface area (Å²) in [6, 6.07) is 6.39. The third-order valence-electron chi connectivity index (χ3n) is 2.23. The van der Waals surface area contributed by atoms with Crippen molar-refractivity contribution in [2.75, 3.05) is 0 Å². The highest BCUT2D eigenvalue weighted by molar-refractivity contribution is 5.47. The van der Waals surface area contributed by atoms with Gasteiger partial charge in [-0.05, 0) is 19.1 Å². The SMILES string of the molecule is Cc1cc(-n2cnc(C#N)n2)ccc1[N+](=O)[O-]. The fourth-order valence-corrected chi connectivity index (χ4v) is 1.43. The van der Waals surface area contributed by atoms with Gasteiger partial charge in [0, 0.05) is 11.6 Å². The molecule has 7 heteroatoms. The second-order valence-corrected chi connectivity index (χ2v) is 3.35. The summed E-state index contributed by atoms with van der Waals surface area (Å²) >= 11 is 0. The van der Waals surface area contributed by atoms with Crippen LogP contribution < -0.4 is 0 Å². The fourth-order valence-electron chi connectivity index (χ4n) is 1.43. The Kier molecular flexibility index (Phi) is 2.54. The zero-order valence-corrected chi connectivity index (χ0v) is 8.86. The minimum atomic E-state index is -0.443. The first kappa shape index (κ1) is 10.8. The minimum Gasteiger partial charge on any atom is -0.258 e. The molecule has 2 rings (SSSR count). The Hall–Kier alpha value is -2.75. The van der Waals surface area contributed by atoms with Gasteiger partial charge in [0.1, 0.15) is 12.4 Å². The Balaban J connectivity index is 2.45. The third-order valence-corrected chi connectivity index (χ3v) is 2.23. The summed E-state index contributed by atoms with van der Waals surface area (Å²) in [6.07, 6.45) is 1.39. The summed E-state index contributed by atoms with van der Waals surface area (Å²) < 4.78 is 1.40. The fraction of sp³-hybridized carbons (Fsp3) is 0.100. The highest BCUT2D eigenvalue weighted by Crippen LogP contribution is 2.20. The van der Waals surface area contributed by atoms with Crippen molar-refractivity contribution in [1.29, 1.82) is 5.26 Å². The zero-order valence-electron chi connectivity index (χ0n) is 8.86. The summed E-state index contributed by atoms with van der Waals surface area (Å²) in [5.74, 6) is 0.0565. The predicted molar refractivity (Wildman–Crippen MR) is 57.5 cm³/mol. The van der Waals surface area contributed by atoms with Crippen LogP contribution in [-0.2, 0) is 0 Å². The molecule has 0 aliphatic carbocycles. The molecule has 1 aromatic carbocycles. The Morgan fingerprint density at radius 2 is 2.29 bits per heavy atom. The van der Waals surface area contributed by atoms with Crippen molar-refractivity contribution in [2.24, 2.45) is 0 Å². The smallest absolute Gasteiger partial charge is 0.258 e. The number of benzene rings is 1. The summed E-state index contributed by atoms with van der Waals surface area (Å²) in [4.78, 5) is 14.0. The molecule has 7 nitrogen and oxygen atoms in total. The molecule has 84 valence electrons. The average molecular weight is 229 g/mol. The van der Waals surface area contributed by atoms with Crippen LogP contribution in [0.1, 0.15) is 11.4 Å². The number of nitrogens with zero attached hydrogens (tertiary/aromatic N) is 5. The van der Waals surface area contributed by atoms with Crippen LogP contribution in [0.5, 0.6) is 0 Å². The largest absolute Gasteiger partial charge is 0.272 e. The maximum Gasteiger partial charge on any atom is 0.272 e. The number of aromatic nitrogens is 3. The summed E-state index contributed by atoms with van der Waals surface area (Å²) in [6.45, 7) is 1.64. The van der Waals surface area contributed by atoms with Gasteiger partial charge in [-0.2, -0.15) is 5.26 Å². The predicted octanol–water partition coefficient (Wildman–Crippen LogP) is 1.36. The lowest BCUT2D eigenvalue weighted by molar-refractivity contribution is -0.385. The Morgan fingerprint density at radius 1 is 1.53 bits per heavy atom. The number of nitro benzene ring substituents is 1. The Bertz CT molecular complexity index is 626. The van der Waals surface area contributed by atoms with Crippen molar-refractivity contribution in [1.82, 2.24) is 14.8 Å². The van der Waals surface area contributed by atoms with Gasteiger partial charge < -0.3 is 0 Å². The molecular formula is C10H7N5O2. The van der Waals surface area contributed by atoms with Crippen LogP contribution in [0.4, 0.5) is 5.69 Å². The topological polar surface area (TPSA) is 97.6 Å². The molecule has 0 aliphatic heterocycles. The van der Waals surface area contributed by atoms with Gasteiger partial charge in [-0.1, -0.05) is 0 Å². The van der Waals surface area contributed by atoms with Crippen LogP contribution >= 0.6 is 0 Å². The van der Waals surface area contributed by atoms with E-state index in [0.29, 0.717) is 11.3 Å². The average Bonchev–Trinajstić information content (AvgIpc) is 2.76. The summed E-state index contributed by atoms with van der Waals surface area (Å²) in [5.41, 5.74) is 1.21. The van der Waals surface area contributed by atoms with Crippen molar-refractivity contribution in [3.63, 3.8) is 0 Å². The van der Waals surface area contributed by atoms with Gasteiger partial charge in [0.25, 0.3) is 11.5 Å². The Morgan fingerprint density at radius 3 is 2.82 bits per heavy atom. The molecule has 0 atom stereocenters. The second kappa shape index (κ2) is 4.02. The molecule has 17 heavy (non-hydrogen) atoms. The van der Waals surface area contributed by atoms with E-state index in [1.165, 1.54) is 17.1 Å². The summed E-state index contributed by atoms with van der Waals surface area (Å²) in [5, 5.41) is 23.1. The number of aryl methyl sites for hydroxylation is 1. The van der Waals surface area contributed by atoms with E-state index >= 15 is 0 Å². The maximum atomic E-state index is 10.6. The number of rotatable bonds is 2. The van der Waals surface area contributed by atoms with E-state index in [4.69, 9.17) is 5.26 Å². The van der Waals surface area contributed by atoms with Crippen molar-refractivity contribution in [3.8, 4) is 11.8 Å². The molecule has 2 aromatic rings. The van der Waals surface area contributed by atoms with Crippen LogP contribution in [0.3, 0.4) is 0 Å². The van der Waals surface area contributed by atoms with Gasteiger partial charge in [0.2, 0.25) is 0 Å². The van der Waals surface area contributed by atoms with Crippen LogP contribution in [0.15, 0.2) is 24.5 Å². The molecule has 0 radical (unpaired) electrons. The quantitative estimate of drug-likeness (QED) is 0.571. The van der Waals surface area contributed by atoms with E-state index < -0.39 is 4.92 Å². The van der Waals surface area contributed by atoms with Crippen molar-refractivity contribution >= 4 is 5.69 Å². The molecule has 0 saturated carbocycles. The lowest BCUT2D eigenvalue weighted by Gasteiger charge is -2.02. The molecule has 0 saturated heterocycles. The molecular weight excluding hydrogens is 222 g/mol. The summed E-state index contributed by atoms with van der Waals surface area (Å²) in [7, 11) is 0. The number of hydrogen-bond donors (Lipinski definition) is 0. The highest BCUT2D eigenvalue weighted by Gasteiger charge is 2.11. The normalized spacial score (nSPS) is 9.88. The third kappa shape index (κ3) is 1.96. The van der Waals surface area contributed by atoms with Crippen molar-refractivity contribution in [2.45, 2.75) is 6.92 Å². The Labute approximate surface area is 96.1 Å². The number of nitro groups is 1. The highest BCUT2D eigenvalue weighted by atomic mass is 16.6. The first-order chi connectivity index (χ1) is 8.11. The second-order valence-electron chi connectivity index (χ2n) is 3.35. The number of nitriles is 1. The van der Waals surface area contributed by atoms with Crippen LogP contribution in [0.25, 0.3) is 5.69 Å². The van der Waals surface area contributed by atoms with E-state index in [9.17, 15) is 10.1 Å². The van der Waals surface area contributed by atoms with E-state index in [1.54, 1.807) is 19.1 Å². The van der Waals surface area contributed by atoms with Gasteiger partial charge in [-0.15, -0.1) is 5.10 Å². The van der Waals surface area contributed by atoms with Crippen LogP contribution in [0, 0.1) is 28.4 Å². The molecule has 0 amide bonds. The zero-order chi connectivity index (χ0) is 12.4. The van der Waals surface area contributed by atoms with E-state index in [-0.39, 0.29) is 11.5 Å². The molecule has 1 aromatic heterocycles. The minimum absolute atomic E-state index is 0.0503. The molecule has 0 spiro atoms. The monoisotopic (exact) mass is 229 g/mol. The molecule has 1 heterocycles.